The molecule has 4 heterocycles. The monoisotopic (exact) mass is 409 g/mol. The van der Waals surface area contributed by atoms with E-state index in [1.807, 2.05) is 49.7 Å². The number of aromatic nitrogens is 4. The molecule has 2 N–H and O–H groups in total. The predicted molar refractivity (Wildman–Crippen MR) is 112 cm³/mol. The maximum absolute atomic E-state index is 13.3. The fourth-order valence-corrected chi connectivity index (χ4v) is 3.95. The summed E-state index contributed by atoms with van der Waals surface area (Å²) in [6.45, 7) is 7.37. The zero-order valence-electron chi connectivity index (χ0n) is 17.7. The van der Waals surface area contributed by atoms with Crippen molar-refractivity contribution in [1.29, 1.82) is 0 Å². The molecule has 9 heteroatoms. The van der Waals surface area contributed by atoms with Crippen molar-refractivity contribution >= 4 is 17.3 Å². The van der Waals surface area contributed by atoms with Crippen LogP contribution in [0.3, 0.4) is 0 Å². The average Bonchev–Trinajstić information content (AvgIpc) is 3.34. The fourth-order valence-electron chi connectivity index (χ4n) is 3.95. The van der Waals surface area contributed by atoms with E-state index in [1.54, 1.807) is 22.8 Å². The van der Waals surface area contributed by atoms with Gasteiger partial charge in [0.15, 0.2) is 0 Å². The first-order chi connectivity index (χ1) is 14.3. The topological polar surface area (TPSA) is 96.6 Å². The van der Waals surface area contributed by atoms with Crippen molar-refractivity contribution in [3.8, 4) is 0 Å². The Bertz CT molecular complexity index is 1100. The molecule has 1 unspecified atom stereocenters. The molecule has 1 saturated heterocycles. The lowest BCUT2D eigenvalue weighted by Gasteiger charge is -2.37. The lowest BCUT2D eigenvalue weighted by Crippen LogP contribution is -2.61. The quantitative estimate of drug-likeness (QED) is 0.666. The third-order valence-electron chi connectivity index (χ3n) is 5.54. The highest BCUT2D eigenvalue weighted by molar-refractivity contribution is 5.97. The van der Waals surface area contributed by atoms with Crippen LogP contribution in [0.15, 0.2) is 36.9 Å². The van der Waals surface area contributed by atoms with E-state index in [2.05, 4.69) is 20.7 Å². The number of pyridine rings is 1. The Morgan fingerprint density at radius 1 is 1.30 bits per heavy atom. The predicted octanol–water partition coefficient (Wildman–Crippen LogP) is 0.842. The van der Waals surface area contributed by atoms with Crippen LogP contribution in [0.1, 0.15) is 35.6 Å². The highest BCUT2D eigenvalue weighted by atomic mass is 16.2. The normalized spacial score (nSPS) is 17.3. The van der Waals surface area contributed by atoms with Gasteiger partial charge < -0.3 is 19.9 Å². The van der Waals surface area contributed by atoms with Gasteiger partial charge in [-0.05, 0) is 32.4 Å². The molecule has 0 saturated carbocycles. The first-order valence-electron chi connectivity index (χ1n) is 10.0. The van der Waals surface area contributed by atoms with E-state index in [9.17, 15) is 9.59 Å². The number of nitrogens with one attached hydrogen (secondary N) is 2. The zero-order chi connectivity index (χ0) is 21.5. The minimum Gasteiger partial charge on any atom is -0.342 e. The molecule has 30 heavy (non-hydrogen) atoms. The van der Waals surface area contributed by atoms with E-state index in [-0.39, 0.29) is 11.8 Å². The molecule has 0 bridgehead atoms. The molecular weight excluding hydrogens is 382 g/mol. The van der Waals surface area contributed by atoms with Gasteiger partial charge in [-0.1, -0.05) is 6.07 Å². The Labute approximate surface area is 175 Å². The van der Waals surface area contributed by atoms with Crippen molar-refractivity contribution in [1.82, 2.24) is 34.7 Å². The van der Waals surface area contributed by atoms with E-state index in [0.717, 1.165) is 16.9 Å². The van der Waals surface area contributed by atoms with Crippen LogP contribution < -0.4 is 10.6 Å². The molecule has 3 aromatic heterocycles. The molecule has 0 aromatic carbocycles. The number of carbonyl (C=O) groups excluding carboxylic acids is 2. The molecule has 2 amide bonds. The Morgan fingerprint density at radius 3 is 2.83 bits per heavy atom. The molecule has 1 atom stereocenters. The number of hydrogen-bond acceptors (Lipinski definition) is 5. The first kappa shape index (κ1) is 20.1. The van der Waals surface area contributed by atoms with Gasteiger partial charge in [0.1, 0.15) is 11.9 Å². The van der Waals surface area contributed by atoms with Crippen molar-refractivity contribution in [2.24, 2.45) is 7.05 Å². The molecule has 0 spiro atoms. The lowest BCUT2D eigenvalue weighted by atomic mass is 10.0. The van der Waals surface area contributed by atoms with Crippen LogP contribution in [0, 0.1) is 6.92 Å². The third kappa shape index (κ3) is 3.56. The smallest absolute Gasteiger partial charge is 0.257 e. The number of rotatable bonds is 4. The second-order valence-electron chi connectivity index (χ2n) is 8.26. The number of imidazole rings is 1. The summed E-state index contributed by atoms with van der Waals surface area (Å²) in [5.74, 6) is 0.335. The number of nitrogens with zero attached hydrogens (tertiary/aromatic N) is 5. The highest BCUT2D eigenvalue weighted by Gasteiger charge is 2.37. The average molecular weight is 409 g/mol. The molecule has 1 fully saturated rings. The van der Waals surface area contributed by atoms with Crippen LogP contribution in [0.4, 0.5) is 0 Å². The SMILES string of the molecule is Cc1cccn2c(C(C)(C)NC(=O)C3CNCCN3C(=O)c3cnn(C)c3)ncc12. The van der Waals surface area contributed by atoms with E-state index >= 15 is 0 Å². The third-order valence-corrected chi connectivity index (χ3v) is 5.54. The van der Waals surface area contributed by atoms with E-state index in [0.29, 0.717) is 25.2 Å². The van der Waals surface area contributed by atoms with E-state index in [4.69, 9.17) is 0 Å². The molecule has 0 aliphatic carbocycles. The summed E-state index contributed by atoms with van der Waals surface area (Å²) in [6.07, 6.45) is 6.96. The minimum atomic E-state index is -0.724. The Morgan fingerprint density at radius 2 is 2.10 bits per heavy atom. The number of piperazine rings is 1. The number of fused-ring (bicyclic) bond motifs is 1. The highest BCUT2D eigenvalue weighted by Crippen LogP contribution is 2.23. The van der Waals surface area contributed by atoms with Crippen LogP contribution in [-0.4, -0.2) is 61.6 Å². The minimum absolute atomic E-state index is 0.190. The number of carbonyl (C=O) groups is 2. The van der Waals surface area contributed by atoms with Crippen molar-refractivity contribution < 1.29 is 9.59 Å². The Balaban J connectivity index is 1.57. The maximum Gasteiger partial charge on any atom is 0.257 e. The Kier molecular flexibility index (Phi) is 5.07. The van der Waals surface area contributed by atoms with Crippen molar-refractivity contribution in [2.45, 2.75) is 32.4 Å². The molecule has 3 aromatic rings. The van der Waals surface area contributed by atoms with Gasteiger partial charge in [-0.3, -0.25) is 14.3 Å². The van der Waals surface area contributed by atoms with Crippen molar-refractivity contribution in [3.05, 3.63) is 53.9 Å². The summed E-state index contributed by atoms with van der Waals surface area (Å²) < 4.78 is 3.58. The van der Waals surface area contributed by atoms with Crippen molar-refractivity contribution in [2.75, 3.05) is 19.6 Å². The van der Waals surface area contributed by atoms with Gasteiger partial charge >= 0.3 is 0 Å². The van der Waals surface area contributed by atoms with Gasteiger partial charge in [-0.15, -0.1) is 0 Å². The standard InChI is InChI=1S/C21H27N7O2/c1-14-6-5-8-28-16(14)12-23-20(28)21(2,3)25-18(29)17-11-22-7-9-27(17)19(30)15-10-24-26(4)13-15/h5-6,8,10,12-13,17,22H,7,9,11H2,1-4H3,(H,25,29). The molecule has 0 radical (unpaired) electrons. The molecule has 1 aliphatic heterocycles. The number of aryl methyl sites for hydroxylation is 2. The summed E-state index contributed by atoms with van der Waals surface area (Å²) >= 11 is 0. The maximum atomic E-state index is 13.3. The number of amides is 2. The summed E-state index contributed by atoms with van der Waals surface area (Å²) in [4.78, 5) is 32.4. The fraction of sp³-hybridized carbons (Fsp3) is 0.429. The zero-order valence-corrected chi connectivity index (χ0v) is 17.7. The first-order valence-corrected chi connectivity index (χ1v) is 10.0. The van der Waals surface area contributed by atoms with Gasteiger partial charge in [-0.2, -0.15) is 5.10 Å². The molecule has 4 rings (SSSR count). The Hall–Kier alpha value is -3.20. The molecule has 158 valence electrons. The molecular formula is C21H27N7O2. The lowest BCUT2D eigenvalue weighted by molar-refractivity contribution is -0.128. The summed E-state index contributed by atoms with van der Waals surface area (Å²) in [6, 6.07) is 3.38. The van der Waals surface area contributed by atoms with E-state index < -0.39 is 11.6 Å². The van der Waals surface area contributed by atoms with Crippen LogP contribution in [0.2, 0.25) is 0 Å². The van der Waals surface area contributed by atoms with Gasteiger partial charge in [0.2, 0.25) is 5.91 Å². The van der Waals surface area contributed by atoms with Crippen LogP contribution in [0.5, 0.6) is 0 Å². The van der Waals surface area contributed by atoms with Gasteiger partial charge in [0.05, 0.1) is 29.0 Å². The van der Waals surface area contributed by atoms with E-state index in [1.165, 1.54) is 6.20 Å². The van der Waals surface area contributed by atoms with Crippen LogP contribution in [-0.2, 0) is 17.4 Å². The summed E-state index contributed by atoms with van der Waals surface area (Å²) in [5.41, 5.74) is 1.87. The molecule has 1 aliphatic rings. The number of hydrogen-bond donors (Lipinski definition) is 2. The van der Waals surface area contributed by atoms with Gasteiger partial charge in [-0.25, -0.2) is 4.98 Å². The van der Waals surface area contributed by atoms with Crippen LogP contribution in [0.25, 0.3) is 5.52 Å². The molecule has 9 nitrogen and oxygen atoms in total. The summed E-state index contributed by atoms with van der Waals surface area (Å²) in [5, 5.41) is 10.4. The largest absolute Gasteiger partial charge is 0.342 e. The van der Waals surface area contributed by atoms with Crippen LogP contribution >= 0.6 is 0 Å². The van der Waals surface area contributed by atoms with Gasteiger partial charge in [0, 0.05) is 39.1 Å². The van der Waals surface area contributed by atoms with Crippen molar-refractivity contribution in [3.63, 3.8) is 0 Å². The second-order valence-corrected chi connectivity index (χ2v) is 8.26. The van der Waals surface area contributed by atoms with Gasteiger partial charge in [0.25, 0.3) is 5.91 Å². The second kappa shape index (κ2) is 7.56. The summed E-state index contributed by atoms with van der Waals surface area (Å²) in [7, 11) is 1.76.